The normalized spacial score (nSPS) is 11.8. The molecule has 2 rings (SSSR count). The molecule has 2 aromatic rings. The maximum absolute atomic E-state index is 9.10. The number of hydrogen-bond donors (Lipinski definition) is 1. The molecule has 0 spiro atoms. The second-order valence-electron chi connectivity index (χ2n) is 3.53. The first-order chi connectivity index (χ1) is 9.10. The van der Waals surface area contributed by atoms with Crippen molar-refractivity contribution in [2.24, 2.45) is 5.16 Å². The summed E-state index contributed by atoms with van der Waals surface area (Å²) in [7, 11) is 0. The monoisotopic (exact) mass is 351 g/mol. The molecular weight excluding hydrogens is 345 g/mol. The lowest BCUT2D eigenvalue weighted by atomic mass is 10.2. The van der Waals surface area contributed by atoms with Crippen molar-refractivity contribution in [3.63, 3.8) is 0 Å². The Balaban J connectivity index is 2.11. The zero-order valence-electron chi connectivity index (χ0n) is 9.44. The van der Waals surface area contributed by atoms with E-state index >= 15 is 0 Å². The summed E-state index contributed by atoms with van der Waals surface area (Å²) in [6, 6.07) is 9.16. The fraction of sp³-hybridized carbons (Fsp3) is 0.0833. The van der Waals surface area contributed by atoms with E-state index in [-0.39, 0.29) is 0 Å². The molecule has 0 bridgehead atoms. The molecule has 1 heterocycles. The van der Waals surface area contributed by atoms with Gasteiger partial charge < -0.3 is 5.21 Å². The fourth-order valence-electron chi connectivity index (χ4n) is 1.41. The van der Waals surface area contributed by atoms with Crippen molar-refractivity contribution in [1.29, 1.82) is 0 Å². The first kappa shape index (κ1) is 15.0. The third-order valence-electron chi connectivity index (χ3n) is 2.26. The van der Waals surface area contributed by atoms with E-state index in [1.807, 2.05) is 24.3 Å². The molecular formula is C12H8Cl3NOS2. The number of thioether (sulfide) groups is 1. The standard InChI is InChI=1S/C12H8Cl3NOS2/c13-7-2-1-3-8(4-7)18-6-10(16-17)9-5-11(14)19-12(9)15/h1-5,17H,6H2/b16-10+. The molecule has 1 aromatic heterocycles. The minimum absolute atomic E-state index is 0.476. The Morgan fingerprint density at radius 3 is 2.63 bits per heavy atom. The van der Waals surface area contributed by atoms with Gasteiger partial charge in [-0.05, 0) is 24.3 Å². The number of oxime groups is 1. The van der Waals surface area contributed by atoms with Gasteiger partial charge in [0.25, 0.3) is 0 Å². The van der Waals surface area contributed by atoms with Crippen LogP contribution in [0.3, 0.4) is 0 Å². The van der Waals surface area contributed by atoms with Crippen molar-refractivity contribution in [3.8, 4) is 0 Å². The molecule has 0 atom stereocenters. The van der Waals surface area contributed by atoms with Gasteiger partial charge in [0.1, 0.15) is 4.34 Å². The Labute approximate surface area is 134 Å². The first-order valence-corrected chi connectivity index (χ1v) is 8.08. The Morgan fingerprint density at radius 2 is 2.05 bits per heavy atom. The molecule has 0 saturated heterocycles. The number of halogens is 3. The molecule has 1 aromatic carbocycles. The summed E-state index contributed by atoms with van der Waals surface area (Å²) in [5, 5.41) is 13.1. The van der Waals surface area contributed by atoms with Crippen LogP contribution in [-0.2, 0) is 0 Å². The number of hydrogen-bond acceptors (Lipinski definition) is 4. The van der Waals surface area contributed by atoms with Gasteiger partial charge in [0.05, 0.1) is 10.0 Å². The second kappa shape index (κ2) is 6.86. The van der Waals surface area contributed by atoms with E-state index in [4.69, 9.17) is 40.0 Å². The van der Waals surface area contributed by atoms with Crippen LogP contribution >= 0.6 is 57.9 Å². The van der Waals surface area contributed by atoms with E-state index in [0.29, 0.717) is 30.7 Å². The summed E-state index contributed by atoms with van der Waals surface area (Å²) >= 11 is 20.6. The first-order valence-electron chi connectivity index (χ1n) is 5.14. The van der Waals surface area contributed by atoms with Crippen LogP contribution in [0.1, 0.15) is 5.56 Å². The number of nitrogens with zero attached hydrogens (tertiary/aromatic N) is 1. The second-order valence-corrected chi connectivity index (χ2v) is 7.30. The van der Waals surface area contributed by atoms with E-state index in [9.17, 15) is 0 Å². The Hall–Kier alpha value is -0.390. The fourth-order valence-corrected chi connectivity index (χ4v) is 4.07. The average molecular weight is 353 g/mol. The Kier molecular flexibility index (Phi) is 5.42. The number of rotatable bonds is 4. The van der Waals surface area contributed by atoms with Crippen molar-refractivity contribution < 1.29 is 5.21 Å². The van der Waals surface area contributed by atoms with Gasteiger partial charge in [-0.1, -0.05) is 46.0 Å². The van der Waals surface area contributed by atoms with Gasteiger partial charge in [-0.2, -0.15) is 0 Å². The van der Waals surface area contributed by atoms with Crippen LogP contribution in [0.2, 0.25) is 13.7 Å². The van der Waals surface area contributed by atoms with Crippen LogP contribution < -0.4 is 0 Å². The van der Waals surface area contributed by atoms with E-state index in [1.165, 1.54) is 23.1 Å². The third-order valence-corrected chi connectivity index (χ3v) is 4.99. The predicted molar refractivity (Wildman–Crippen MR) is 84.8 cm³/mol. The average Bonchev–Trinajstić information content (AvgIpc) is 2.70. The van der Waals surface area contributed by atoms with Crippen LogP contribution in [0, 0.1) is 0 Å². The molecule has 0 unspecified atom stereocenters. The van der Waals surface area contributed by atoms with Gasteiger partial charge in [-0.25, -0.2) is 0 Å². The number of thiophene rings is 1. The summed E-state index contributed by atoms with van der Waals surface area (Å²) < 4.78 is 1.08. The van der Waals surface area contributed by atoms with Crippen molar-refractivity contribution in [2.75, 3.05) is 5.75 Å². The zero-order valence-corrected chi connectivity index (χ0v) is 13.3. The molecule has 0 aliphatic heterocycles. The quantitative estimate of drug-likeness (QED) is 0.332. The summed E-state index contributed by atoms with van der Waals surface area (Å²) in [4.78, 5) is 0.992. The highest BCUT2D eigenvalue weighted by Crippen LogP contribution is 2.33. The summed E-state index contributed by atoms with van der Waals surface area (Å²) in [6.45, 7) is 0. The topological polar surface area (TPSA) is 32.6 Å². The summed E-state index contributed by atoms with van der Waals surface area (Å²) in [6.07, 6.45) is 0. The van der Waals surface area contributed by atoms with Crippen molar-refractivity contribution in [1.82, 2.24) is 0 Å². The largest absolute Gasteiger partial charge is 0.411 e. The molecule has 0 saturated carbocycles. The van der Waals surface area contributed by atoms with Crippen LogP contribution in [0.15, 0.2) is 40.4 Å². The van der Waals surface area contributed by atoms with Crippen molar-refractivity contribution >= 4 is 63.6 Å². The van der Waals surface area contributed by atoms with Crippen molar-refractivity contribution in [3.05, 3.63) is 49.6 Å². The van der Waals surface area contributed by atoms with Gasteiger partial charge in [-0.15, -0.1) is 23.1 Å². The molecule has 2 nitrogen and oxygen atoms in total. The van der Waals surface area contributed by atoms with Gasteiger partial charge in [0.15, 0.2) is 0 Å². The van der Waals surface area contributed by atoms with Crippen LogP contribution in [0.5, 0.6) is 0 Å². The number of benzene rings is 1. The zero-order chi connectivity index (χ0) is 13.8. The molecule has 0 radical (unpaired) electrons. The molecule has 0 aliphatic rings. The highest BCUT2D eigenvalue weighted by Gasteiger charge is 2.13. The molecule has 0 fully saturated rings. The predicted octanol–water partition coefficient (Wildman–Crippen LogP) is 5.68. The van der Waals surface area contributed by atoms with Crippen LogP contribution in [-0.4, -0.2) is 16.7 Å². The van der Waals surface area contributed by atoms with Gasteiger partial charge >= 0.3 is 0 Å². The lowest BCUT2D eigenvalue weighted by Crippen LogP contribution is -2.03. The van der Waals surface area contributed by atoms with E-state index in [2.05, 4.69) is 5.16 Å². The van der Waals surface area contributed by atoms with E-state index in [0.717, 1.165) is 4.90 Å². The van der Waals surface area contributed by atoms with Gasteiger partial charge in [0, 0.05) is 21.2 Å². The Bertz CT molecular complexity index is 613. The Morgan fingerprint density at radius 1 is 1.26 bits per heavy atom. The maximum atomic E-state index is 9.10. The van der Waals surface area contributed by atoms with Gasteiger partial charge in [0.2, 0.25) is 0 Å². The summed E-state index contributed by atoms with van der Waals surface area (Å²) in [5.74, 6) is 0.476. The minimum Gasteiger partial charge on any atom is -0.411 e. The maximum Gasteiger partial charge on any atom is 0.104 e. The molecule has 0 amide bonds. The van der Waals surface area contributed by atoms with E-state index < -0.39 is 0 Å². The van der Waals surface area contributed by atoms with Gasteiger partial charge in [-0.3, -0.25) is 0 Å². The molecule has 1 N–H and O–H groups in total. The lowest BCUT2D eigenvalue weighted by Gasteiger charge is -2.04. The molecule has 0 aliphatic carbocycles. The summed E-state index contributed by atoms with van der Waals surface area (Å²) in [5.41, 5.74) is 1.15. The molecule has 19 heavy (non-hydrogen) atoms. The van der Waals surface area contributed by atoms with Crippen molar-refractivity contribution in [2.45, 2.75) is 4.90 Å². The minimum atomic E-state index is 0.476. The third kappa shape index (κ3) is 4.04. The smallest absolute Gasteiger partial charge is 0.104 e. The highest BCUT2D eigenvalue weighted by atomic mass is 35.5. The van der Waals surface area contributed by atoms with E-state index in [1.54, 1.807) is 6.07 Å². The lowest BCUT2D eigenvalue weighted by molar-refractivity contribution is 0.319. The highest BCUT2D eigenvalue weighted by molar-refractivity contribution is 8.00. The van der Waals surface area contributed by atoms with Crippen LogP contribution in [0.4, 0.5) is 0 Å². The van der Waals surface area contributed by atoms with Crippen LogP contribution in [0.25, 0.3) is 0 Å². The molecule has 7 heteroatoms. The SMILES string of the molecule is O/N=C(\CSc1cccc(Cl)c1)c1cc(Cl)sc1Cl. The molecule has 100 valence electrons.